The third kappa shape index (κ3) is 4.83. The van der Waals surface area contributed by atoms with Crippen LogP contribution in [-0.4, -0.2) is 28.1 Å². The summed E-state index contributed by atoms with van der Waals surface area (Å²) in [5.74, 6) is -0.355. The maximum atomic E-state index is 13.4. The van der Waals surface area contributed by atoms with Gasteiger partial charge in [-0.1, -0.05) is 31.1 Å². The van der Waals surface area contributed by atoms with Crippen LogP contribution in [0.15, 0.2) is 47.1 Å². The molecule has 0 saturated heterocycles. The molecule has 0 aliphatic carbocycles. The first kappa shape index (κ1) is 22.7. The summed E-state index contributed by atoms with van der Waals surface area (Å²) in [7, 11) is 0. The maximum Gasteiger partial charge on any atom is 0.268 e. The highest BCUT2D eigenvalue weighted by Gasteiger charge is 2.29. The van der Waals surface area contributed by atoms with Crippen molar-refractivity contribution >= 4 is 11.8 Å². The number of nitrogens with one attached hydrogen (secondary N) is 2. The molecule has 0 saturated carbocycles. The fraction of sp³-hybridized carbons (Fsp3) is 0.375. The lowest BCUT2D eigenvalue weighted by Crippen LogP contribution is -2.34. The number of aromatic nitrogens is 2. The monoisotopic (exact) mass is 454 g/mol. The minimum absolute atomic E-state index is 0.0732. The van der Waals surface area contributed by atoms with E-state index < -0.39 is 0 Å². The second-order valence-corrected chi connectivity index (χ2v) is 8.45. The minimum atomic E-state index is -0.388. The molecule has 33 heavy (non-hydrogen) atoms. The molecule has 8 nitrogen and oxygen atoms in total. The molecule has 2 amide bonds. The largest absolute Gasteiger partial charge is 0.373 e. The van der Waals surface area contributed by atoms with Gasteiger partial charge < -0.3 is 24.5 Å². The highest BCUT2D eigenvalue weighted by Crippen LogP contribution is 2.26. The van der Waals surface area contributed by atoms with E-state index in [0.29, 0.717) is 35.9 Å². The topological polar surface area (TPSA) is 98.4 Å². The predicted octanol–water partition coefficient (Wildman–Crippen LogP) is 3.76. The highest BCUT2D eigenvalue weighted by atomic mass is 19.1. The zero-order valence-corrected chi connectivity index (χ0v) is 18.8. The Labute approximate surface area is 191 Å². The Kier molecular flexibility index (Phi) is 6.60. The molecule has 2 N–H and O–H groups in total. The molecule has 0 radical (unpaired) electrons. The number of nitrogens with zero attached hydrogens (tertiary/aromatic N) is 2. The Morgan fingerprint density at radius 2 is 1.85 bits per heavy atom. The molecule has 0 spiro atoms. The Morgan fingerprint density at radius 3 is 2.52 bits per heavy atom. The van der Waals surface area contributed by atoms with Gasteiger partial charge >= 0.3 is 0 Å². The third-order valence-corrected chi connectivity index (χ3v) is 5.80. The summed E-state index contributed by atoms with van der Waals surface area (Å²) in [6.45, 7) is 6.91. The Balaban J connectivity index is 1.59. The molecular formula is C24H27FN4O4. The van der Waals surface area contributed by atoms with Gasteiger partial charge in [-0.15, -0.1) is 0 Å². The zero-order valence-electron chi connectivity index (χ0n) is 18.8. The van der Waals surface area contributed by atoms with Crippen molar-refractivity contribution in [3.63, 3.8) is 0 Å². The molecule has 2 aromatic heterocycles. The van der Waals surface area contributed by atoms with E-state index in [1.165, 1.54) is 18.3 Å². The summed E-state index contributed by atoms with van der Waals surface area (Å²) in [4.78, 5) is 26.3. The number of carbonyl (C=O) groups excluding carboxylic acids is 2. The number of halogens is 1. The number of benzene rings is 1. The van der Waals surface area contributed by atoms with E-state index in [4.69, 9.17) is 9.26 Å². The van der Waals surface area contributed by atoms with Crippen LogP contribution in [0.1, 0.15) is 70.7 Å². The maximum absolute atomic E-state index is 13.4. The van der Waals surface area contributed by atoms with Gasteiger partial charge in [0.2, 0.25) is 0 Å². The van der Waals surface area contributed by atoms with Crippen LogP contribution in [0.3, 0.4) is 0 Å². The number of carbonyl (C=O) groups is 2. The summed E-state index contributed by atoms with van der Waals surface area (Å²) >= 11 is 0. The number of rotatable bonds is 7. The average Bonchev–Trinajstić information content (AvgIpc) is 3.46. The second-order valence-electron chi connectivity index (χ2n) is 8.45. The molecule has 1 aliphatic heterocycles. The number of ether oxygens (including phenoxy) is 1. The van der Waals surface area contributed by atoms with E-state index >= 15 is 0 Å². The van der Waals surface area contributed by atoms with Gasteiger partial charge in [-0.25, -0.2) is 4.39 Å². The molecule has 3 heterocycles. The van der Waals surface area contributed by atoms with Crippen LogP contribution in [0, 0.1) is 11.7 Å². The lowest BCUT2D eigenvalue weighted by Gasteiger charge is -2.24. The van der Waals surface area contributed by atoms with Gasteiger partial charge in [0.1, 0.15) is 11.5 Å². The lowest BCUT2D eigenvalue weighted by atomic mass is 9.96. The first-order valence-electron chi connectivity index (χ1n) is 10.9. The van der Waals surface area contributed by atoms with Crippen LogP contribution >= 0.6 is 0 Å². The van der Waals surface area contributed by atoms with Gasteiger partial charge in [0.25, 0.3) is 11.8 Å². The highest BCUT2D eigenvalue weighted by molar-refractivity contribution is 6.01. The summed E-state index contributed by atoms with van der Waals surface area (Å²) in [5, 5.41) is 9.61. The van der Waals surface area contributed by atoms with Crippen LogP contribution in [0.25, 0.3) is 0 Å². The minimum Gasteiger partial charge on any atom is -0.373 e. The predicted molar refractivity (Wildman–Crippen MR) is 118 cm³/mol. The molecule has 4 rings (SSSR count). The third-order valence-electron chi connectivity index (χ3n) is 5.80. The Morgan fingerprint density at radius 1 is 1.09 bits per heavy atom. The van der Waals surface area contributed by atoms with Gasteiger partial charge in [-0.2, -0.15) is 0 Å². The molecule has 0 fully saturated rings. The Bertz CT molecular complexity index is 1120. The molecule has 9 heteroatoms. The van der Waals surface area contributed by atoms with Gasteiger partial charge in [-0.3, -0.25) is 9.59 Å². The van der Waals surface area contributed by atoms with Crippen molar-refractivity contribution in [1.29, 1.82) is 0 Å². The summed E-state index contributed by atoms with van der Waals surface area (Å²) in [6, 6.07) is 8.69. The van der Waals surface area contributed by atoms with Crippen LogP contribution in [0.5, 0.6) is 0 Å². The van der Waals surface area contributed by atoms with Gasteiger partial charge in [0, 0.05) is 12.6 Å². The van der Waals surface area contributed by atoms with E-state index in [0.717, 1.165) is 5.56 Å². The Hall–Kier alpha value is -3.46. The van der Waals surface area contributed by atoms with E-state index in [1.54, 1.807) is 31.2 Å². The van der Waals surface area contributed by atoms with Crippen LogP contribution in [0.2, 0.25) is 0 Å². The van der Waals surface area contributed by atoms with Gasteiger partial charge in [-0.05, 0) is 36.6 Å². The summed E-state index contributed by atoms with van der Waals surface area (Å²) in [6.07, 6.45) is 1.51. The molecule has 1 aliphatic rings. The van der Waals surface area contributed by atoms with Crippen molar-refractivity contribution in [3.8, 4) is 0 Å². The fourth-order valence-electron chi connectivity index (χ4n) is 4.02. The van der Waals surface area contributed by atoms with Crippen molar-refractivity contribution < 1.29 is 23.2 Å². The van der Waals surface area contributed by atoms with E-state index in [9.17, 15) is 14.0 Å². The first-order chi connectivity index (χ1) is 15.8. The van der Waals surface area contributed by atoms with Crippen LogP contribution < -0.4 is 10.6 Å². The van der Waals surface area contributed by atoms with E-state index in [1.807, 2.05) is 18.4 Å². The van der Waals surface area contributed by atoms with Crippen molar-refractivity contribution in [2.75, 3.05) is 6.61 Å². The van der Waals surface area contributed by atoms with Crippen molar-refractivity contribution in [2.24, 2.45) is 5.92 Å². The number of amides is 2. The van der Waals surface area contributed by atoms with Crippen LogP contribution in [0.4, 0.5) is 4.39 Å². The zero-order chi connectivity index (χ0) is 23.5. The molecule has 2 unspecified atom stereocenters. The SMILES string of the molecule is CC(NC(=O)c1cc(C(=O)NC(c2ccc(F)cc2)C(C)C)n2c1COCC2)c1ccno1. The first-order valence-corrected chi connectivity index (χ1v) is 10.9. The van der Waals surface area contributed by atoms with Gasteiger partial charge in [0.05, 0.1) is 42.8 Å². The standard InChI is InChI=1S/C24H27FN4O4/c1-14(2)22(16-4-6-17(25)7-5-16)28-24(31)19-12-18(20-13-32-11-10-29(19)20)23(30)27-15(3)21-8-9-26-33-21/h4-9,12,14-15,22H,10-11,13H2,1-3H3,(H,27,30)(H,28,31). The van der Waals surface area contributed by atoms with E-state index in [2.05, 4.69) is 15.8 Å². The summed E-state index contributed by atoms with van der Waals surface area (Å²) < 4.78 is 25.9. The van der Waals surface area contributed by atoms with Crippen LogP contribution in [-0.2, 0) is 17.9 Å². The van der Waals surface area contributed by atoms with Crippen molar-refractivity contribution in [2.45, 2.75) is 46.0 Å². The molecular weight excluding hydrogens is 427 g/mol. The second kappa shape index (κ2) is 9.58. The number of hydrogen-bond acceptors (Lipinski definition) is 5. The van der Waals surface area contributed by atoms with Gasteiger partial charge in [0.15, 0.2) is 5.76 Å². The average molecular weight is 455 g/mol. The smallest absolute Gasteiger partial charge is 0.268 e. The molecule has 174 valence electrons. The van der Waals surface area contributed by atoms with Crippen molar-refractivity contribution in [1.82, 2.24) is 20.4 Å². The summed E-state index contributed by atoms with van der Waals surface area (Å²) in [5.41, 5.74) is 2.23. The van der Waals surface area contributed by atoms with E-state index in [-0.39, 0.29) is 42.2 Å². The van der Waals surface area contributed by atoms with Crippen molar-refractivity contribution in [3.05, 3.63) is 76.7 Å². The normalized spacial score (nSPS) is 15.1. The fourth-order valence-corrected chi connectivity index (χ4v) is 4.02. The molecule has 1 aromatic carbocycles. The number of fused-ring (bicyclic) bond motifs is 1. The molecule has 2 atom stereocenters. The molecule has 3 aromatic rings. The lowest BCUT2D eigenvalue weighted by molar-refractivity contribution is 0.0771. The molecule has 0 bridgehead atoms. The number of hydrogen-bond donors (Lipinski definition) is 2. The quantitative estimate of drug-likeness (QED) is 0.566.